The first-order chi connectivity index (χ1) is 12.5. The van der Waals surface area contributed by atoms with E-state index in [4.69, 9.17) is 9.72 Å². The molecular formula is C21H19N3O2. The van der Waals surface area contributed by atoms with Gasteiger partial charge in [-0.1, -0.05) is 0 Å². The normalized spacial score (nSPS) is 11.0. The number of imidazole rings is 1. The van der Waals surface area contributed by atoms with E-state index in [1.807, 2.05) is 50.4 Å². The van der Waals surface area contributed by atoms with Crippen molar-refractivity contribution in [2.75, 3.05) is 7.11 Å². The van der Waals surface area contributed by atoms with Crippen LogP contribution in [0.3, 0.4) is 0 Å². The molecule has 26 heavy (non-hydrogen) atoms. The second kappa shape index (κ2) is 6.19. The van der Waals surface area contributed by atoms with E-state index in [9.17, 15) is 4.79 Å². The van der Waals surface area contributed by atoms with Crippen LogP contribution in [0.4, 0.5) is 0 Å². The van der Waals surface area contributed by atoms with Crippen molar-refractivity contribution in [1.82, 2.24) is 14.5 Å². The fourth-order valence-electron chi connectivity index (χ4n) is 3.20. The number of methoxy groups -OCH3 is 1. The molecule has 2 aromatic heterocycles. The summed E-state index contributed by atoms with van der Waals surface area (Å²) in [6, 6.07) is 15.4. The van der Waals surface area contributed by atoms with Crippen molar-refractivity contribution in [3.05, 3.63) is 76.5 Å². The van der Waals surface area contributed by atoms with Gasteiger partial charge in [-0.05, 0) is 61.9 Å². The largest absolute Gasteiger partial charge is 0.497 e. The summed E-state index contributed by atoms with van der Waals surface area (Å²) < 4.78 is 7.28. The highest BCUT2D eigenvalue weighted by Gasteiger charge is 2.10. The predicted octanol–water partition coefficient (Wildman–Crippen LogP) is 4.01. The standard InChI is InChI=1S/C21H19N3O2/c1-13-10-17(11-16-6-9-20(25)23-21(13)16)24-12-19(22-14(24)2)15-4-7-18(26-3)8-5-15/h4-12H,1-3H3,(H,23,25). The Morgan fingerprint density at radius 3 is 2.54 bits per heavy atom. The van der Waals surface area contributed by atoms with Crippen LogP contribution < -0.4 is 10.3 Å². The zero-order valence-corrected chi connectivity index (χ0v) is 14.9. The molecule has 0 unspecified atom stereocenters. The summed E-state index contributed by atoms with van der Waals surface area (Å²) in [6.45, 7) is 3.98. The zero-order valence-electron chi connectivity index (χ0n) is 14.9. The average molecular weight is 345 g/mol. The van der Waals surface area contributed by atoms with Crippen molar-refractivity contribution in [2.24, 2.45) is 0 Å². The molecule has 4 aromatic rings. The maximum absolute atomic E-state index is 11.6. The molecule has 5 heteroatoms. The molecule has 0 bridgehead atoms. The molecule has 0 fully saturated rings. The molecule has 0 radical (unpaired) electrons. The summed E-state index contributed by atoms with van der Waals surface area (Å²) >= 11 is 0. The molecule has 0 saturated heterocycles. The van der Waals surface area contributed by atoms with Crippen LogP contribution in [0.5, 0.6) is 5.75 Å². The highest BCUT2D eigenvalue weighted by molar-refractivity contribution is 5.84. The van der Waals surface area contributed by atoms with Crippen LogP contribution in [0.2, 0.25) is 0 Å². The van der Waals surface area contributed by atoms with Crippen molar-refractivity contribution >= 4 is 10.9 Å². The Balaban J connectivity index is 1.81. The molecule has 130 valence electrons. The predicted molar refractivity (Wildman–Crippen MR) is 103 cm³/mol. The van der Waals surface area contributed by atoms with Crippen LogP contribution in [0.1, 0.15) is 11.4 Å². The molecule has 2 heterocycles. The van der Waals surface area contributed by atoms with Gasteiger partial charge in [-0.2, -0.15) is 0 Å². The second-order valence-corrected chi connectivity index (χ2v) is 6.32. The number of rotatable bonds is 3. The van der Waals surface area contributed by atoms with E-state index in [1.165, 1.54) is 0 Å². The third kappa shape index (κ3) is 2.77. The Hall–Kier alpha value is -3.34. The SMILES string of the molecule is COc1ccc(-c2cn(-c3cc(C)c4[nH]c(=O)ccc4c3)c(C)n2)cc1. The van der Waals surface area contributed by atoms with Crippen molar-refractivity contribution in [2.45, 2.75) is 13.8 Å². The van der Waals surface area contributed by atoms with E-state index in [0.717, 1.165) is 45.0 Å². The molecule has 0 spiro atoms. The number of pyridine rings is 1. The minimum absolute atomic E-state index is 0.0889. The van der Waals surface area contributed by atoms with Gasteiger partial charge in [-0.25, -0.2) is 4.98 Å². The minimum Gasteiger partial charge on any atom is -0.497 e. The molecule has 1 N–H and O–H groups in total. The van der Waals surface area contributed by atoms with Crippen LogP contribution in [0, 0.1) is 13.8 Å². The summed E-state index contributed by atoms with van der Waals surface area (Å²) in [5.41, 5.74) is 4.77. The molecule has 0 saturated carbocycles. The summed E-state index contributed by atoms with van der Waals surface area (Å²) in [4.78, 5) is 19.2. The van der Waals surface area contributed by atoms with E-state index >= 15 is 0 Å². The van der Waals surface area contributed by atoms with Gasteiger partial charge in [0.15, 0.2) is 0 Å². The Bertz CT molecular complexity index is 1150. The Kier molecular flexibility index (Phi) is 3.84. The molecule has 0 aliphatic heterocycles. The molecule has 4 rings (SSSR count). The fraction of sp³-hybridized carbons (Fsp3) is 0.143. The van der Waals surface area contributed by atoms with Gasteiger partial charge in [-0.3, -0.25) is 4.79 Å². The summed E-state index contributed by atoms with van der Waals surface area (Å²) in [7, 11) is 1.66. The topological polar surface area (TPSA) is 59.9 Å². The number of nitrogens with one attached hydrogen (secondary N) is 1. The molecule has 0 atom stereocenters. The first-order valence-electron chi connectivity index (χ1n) is 8.39. The smallest absolute Gasteiger partial charge is 0.248 e. The van der Waals surface area contributed by atoms with Gasteiger partial charge in [0.1, 0.15) is 11.6 Å². The highest BCUT2D eigenvalue weighted by Crippen LogP contribution is 2.26. The van der Waals surface area contributed by atoms with Crippen LogP contribution in [-0.4, -0.2) is 21.6 Å². The van der Waals surface area contributed by atoms with Gasteiger partial charge in [0, 0.05) is 28.9 Å². The maximum Gasteiger partial charge on any atom is 0.248 e. The third-order valence-corrected chi connectivity index (χ3v) is 4.56. The lowest BCUT2D eigenvalue weighted by atomic mass is 10.1. The Labute approximate surface area is 150 Å². The van der Waals surface area contributed by atoms with Gasteiger partial charge in [0.25, 0.3) is 0 Å². The van der Waals surface area contributed by atoms with Gasteiger partial charge in [0.05, 0.1) is 18.3 Å². The number of aromatic nitrogens is 3. The molecule has 5 nitrogen and oxygen atoms in total. The Morgan fingerprint density at radius 1 is 1.04 bits per heavy atom. The summed E-state index contributed by atoms with van der Waals surface area (Å²) in [5.74, 6) is 1.73. The van der Waals surface area contributed by atoms with Crippen LogP contribution in [0.15, 0.2) is 59.5 Å². The van der Waals surface area contributed by atoms with E-state index in [2.05, 4.69) is 21.7 Å². The summed E-state index contributed by atoms with van der Waals surface area (Å²) in [5, 5.41) is 0.999. The van der Waals surface area contributed by atoms with Gasteiger partial charge in [0.2, 0.25) is 5.56 Å². The van der Waals surface area contributed by atoms with Crippen molar-refractivity contribution in [3.8, 4) is 22.7 Å². The van der Waals surface area contributed by atoms with E-state index in [1.54, 1.807) is 13.2 Å². The van der Waals surface area contributed by atoms with Gasteiger partial charge >= 0.3 is 0 Å². The molecule has 0 aliphatic rings. The third-order valence-electron chi connectivity index (χ3n) is 4.56. The van der Waals surface area contributed by atoms with E-state index in [-0.39, 0.29) is 5.56 Å². The molecule has 0 aliphatic carbocycles. The first-order valence-corrected chi connectivity index (χ1v) is 8.39. The van der Waals surface area contributed by atoms with Crippen molar-refractivity contribution < 1.29 is 4.74 Å². The lowest BCUT2D eigenvalue weighted by Crippen LogP contribution is -2.04. The molecule has 2 aromatic carbocycles. The number of nitrogens with zero attached hydrogens (tertiary/aromatic N) is 2. The highest BCUT2D eigenvalue weighted by atomic mass is 16.5. The number of hydrogen-bond acceptors (Lipinski definition) is 3. The number of ether oxygens (including phenoxy) is 1. The van der Waals surface area contributed by atoms with Crippen molar-refractivity contribution in [3.63, 3.8) is 0 Å². The van der Waals surface area contributed by atoms with Gasteiger partial charge < -0.3 is 14.3 Å². The zero-order chi connectivity index (χ0) is 18.3. The number of hydrogen-bond donors (Lipinski definition) is 1. The van der Waals surface area contributed by atoms with Crippen LogP contribution >= 0.6 is 0 Å². The van der Waals surface area contributed by atoms with Crippen LogP contribution in [-0.2, 0) is 0 Å². The second-order valence-electron chi connectivity index (χ2n) is 6.32. The first kappa shape index (κ1) is 16.1. The summed E-state index contributed by atoms with van der Waals surface area (Å²) in [6.07, 6.45) is 2.03. The lowest BCUT2D eigenvalue weighted by Gasteiger charge is -2.09. The minimum atomic E-state index is -0.0889. The lowest BCUT2D eigenvalue weighted by molar-refractivity contribution is 0.415. The van der Waals surface area contributed by atoms with E-state index in [0.29, 0.717) is 0 Å². The van der Waals surface area contributed by atoms with Crippen LogP contribution in [0.25, 0.3) is 27.8 Å². The number of H-pyrrole nitrogens is 1. The average Bonchev–Trinajstić information content (AvgIpc) is 3.04. The Morgan fingerprint density at radius 2 is 1.81 bits per heavy atom. The number of aryl methyl sites for hydroxylation is 2. The quantitative estimate of drug-likeness (QED) is 0.610. The molecule has 0 amide bonds. The van der Waals surface area contributed by atoms with E-state index < -0.39 is 0 Å². The number of fused-ring (bicyclic) bond motifs is 1. The molecular weight excluding hydrogens is 326 g/mol. The van der Waals surface area contributed by atoms with Crippen molar-refractivity contribution in [1.29, 1.82) is 0 Å². The maximum atomic E-state index is 11.6. The number of aromatic amines is 1. The van der Waals surface area contributed by atoms with Gasteiger partial charge in [-0.15, -0.1) is 0 Å². The fourth-order valence-corrected chi connectivity index (χ4v) is 3.20. The monoisotopic (exact) mass is 345 g/mol. The number of benzene rings is 2.